The van der Waals surface area contributed by atoms with Gasteiger partial charge in [0.05, 0.1) is 6.42 Å². The van der Waals surface area contributed by atoms with Crippen molar-refractivity contribution >= 4 is 33.9 Å². The number of aryl methyl sites for hydroxylation is 1. The smallest absolute Gasteiger partial charge is 0.275 e. The van der Waals surface area contributed by atoms with E-state index in [9.17, 15) is 9.59 Å². The molecule has 0 radical (unpaired) electrons. The third-order valence-electron chi connectivity index (χ3n) is 2.80. The van der Waals surface area contributed by atoms with Crippen molar-refractivity contribution in [2.75, 3.05) is 5.32 Å². The molecular formula is C14H14N4O3S. The number of amides is 1. The van der Waals surface area contributed by atoms with E-state index >= 15 is 0 Å². The van der Waals surface area contributed by atoms with Crippen molar-refractivity contribution in [1.82, 2.24) is 10.2 Å². The molecule has 2 rings (SSSR count). The Labute approximate surface area is 130 Å². The zero-order valence-electron chi connectivity index (χ0n) is 11.8. The highest BCUT2D eigenvalue weighted by atomic mass is 32.1. The van der Waals surface area contributed by atoms with Crippen LogP contribution in [0.1, 0.15) is 28.7 Å². The molecule has 114 valence electrons. The predicted octanol–water partition coefficient (Wildman–Crippen LogP) is 2.14. The van der Waals surface area contributed by atoms with Crippen molar-refractivity contribution < 1.29 is 14.8 Å². The maximum atomic E-state index is 12.0. The van der Waals surface area contributed by atoms with E-state index in [4.69, 9.17) is 5.21 Å². The first kappa shape index (κ1) is 15.8. The molecule has 0 aliphatic heterocycles. The van der Waals surface area contributed by atoms with Gasteiger partial charge >= 0.3 is 0 Å². The lowest BCUT2D eigenvalue weighted by Gasteiger charge is -2.03. The van der Waals surface area contributed by atoms with Crippen molar-refractivity contribution in [1.29, 1.82) is 0 Å². The molecule has 0 aliphatic rings. The average molecular weight is 318 g/mol. The van der Waals surface area contributed by atoms with Crippen molar-refractivity contribution in [2.24, 2.45) is 5.16 Å². The summed E-state index contributed by atoms with van der Waals surface area (Å²) in [5, 5.41) is 23.1. The summed E-state index contributed by atoms with van der Waals surface area (Å²) in [5.41, 5.74) is 0.169. The number of carbonyl (C=O) groups is 2. The molecule has 2 N–H and O–H groups in total. The normalized spacial score (nSPS) is 11.2. The van der Waals surface area contributed by atoms with Gasteiger partial charge in [0.25, 0.3) is 5.91 Å². The highest BCUT2D eigenvalue weighted by Crippen LogP contribution is 2.15. The minimum atomic E-state index is -0.675. The van der Waals surface area contributed by atoms with Gasteiger partial charge in [0.1, 0.15) is 5.01 Å². The van der Waals surface area contributed by atoms with Crippen LogP contribution in [-0.4, -0.2) is 32.8 Å². The minimum absolute atomic E-state index is 0.276. The summed E-state index contributed by atoms with van der Waals surface area (Å²) in [7, 11) is 0. The molecule has 1 amide bonds. The lowest BCUT2D eigenvalue weighted by atomic mass is 10.1. The van der Waals surface area contributed by atoms with Crippen molar-refractivity contribution in [3.8, 4) is 0 Å². The lowest BCUT2D eigenvalue weighted by molar-refractivity contribution is -0.110. The van der Waals surface area contributed by atoms with Gasteiger partial charge in [-0.2, -0.15) is 0 Å². The number of hydrogen-bond acceptors (Lipinski definition) is 7. The zero-order chi connectivity index (χ0) is 15.9. The number of hydrogen-bond donors (Lipinski definition) is 2. The van der Waals surface area contributed by atoms with Crippen molar-refractivity contribution in [2.45, 2.75) is 19.8 Å². The molecule has 0 aliphatic carbocycles. The highest BCUT2D eigenvalue weighted by molar-refractivity contribution is 7.15. The SMILES string of the molecule is CCc1nnc(NC(=O)C(CC(=O)c2ccccc2)=NO)s1. The summed E-state index contributed by atoms with van der Waals surface area (Å²) < 4.78 is 0. The number of nitrogens with zero attached hydrogens (tertiary/aromatic N) is 3. The number of anilines is 1. The maximum Gasteiger partial charge on any atom is 0.275 e. The standard InChI is InChI=1S/C14H14N4O3S/c1-2-12-16-17-14(22-12)15-13(20)10(18-21)8-11(19)9-6-4-3-5-7-9/h3-7,21H,2,8H2,1H3,(H,15,17,20). The van der Waals surface area contributed by atoms with E-state index in [1.165, 1.54) is 11.3 Å². The Morgan fingerprint density at radius 2 is 2.00 bits per heavy atom. The number of carbonyl (C=O) groups excluding carboxylic acids is 2. The second-order valence-electron chi connectivity index (χ2n) is 4.32. The van der Waals surface area contributed by atoms with E-state index in [2.05, 4.69) is 20.7 Å². The van der Waals surface area contributed by atoms with E-state index in [0.29, 0.717) is 17.1 Å². The first-order chi connectivity index (χ1) is 10.6. The van der Waals surface area contributed by atoms with Gasteiger partial charge in [0.2, 0.25) is 5.13 Å². The van der Waals surface area contributed by atoms with Gasteiger partial charge in [-0.1, -0.05) is 53.7 Å². The summed E-state index contributed by atoms with van der Waals surface area (Å²) in [6, 6.07) is 8.49. The van der Waals surface area contributed by atoms with Crippen LogP contribution in [0.15, 0.2) is 35.5 Å². The van der Waals surface area contributed by atoms with Gasteiger partial charge in [0.15, 0.2) is 11.5 Å². The number of aromatic nitrogens is 2. The first-order valence-electron chi connectivity index (χ1n) is 6.57. The van der Waals surface area contributed by atoms with Crippen LogP contribution in [0.3, 0.4) is 0 Å². The van der Waals surface area contributed by atoms with E-state index in [0.717, 1.165) is 5.01 Å². The van der Waals surface area contributed by atoms with Gasteiger partial charge in [-0.05, 0) is 6.42 Å². The number of ketones is 1. The van der Waals surface area contributed by atoms with Crippen LogP contribution in [0.5, 0.6) is 0 Å². The van der Waals surface area contributed by atoms with Crippen molar-refractivity contribution in [3.05, 3.63) is 40.9 Å². The van der Waals surface area contributed by atoms with Crippen LogP contribution in [0.4, 0.5) is 5.13 Å². The topological polar surface area (TPSA) is 105 Å². The molecule has 0 saturated heterocycles. The van der Waals surface area contributed by atoms with E-state index < -0.39 is 5.91 Å². The Hall–Kier alpha value is -2.61. The molecule has 8 heteroatoms. The Bertz CT molecular complexity index is 697. The Morgan fingerprint density at radius 3 is 2.59 bits per heavy atom. The molecule has 0 atom stereocenters. The second-order valence-corrected chi connectivity index (χ2v) is 5.38. The van der Waals surface area contributed by atoms with Crippen LogP contribution >= 0.6 is 11.3 Å². The van der Waals surface area contributed by atoms with Gasteiger partial charge in [-0.3, -0.25) is 14.9 Å². The van der Waals surface area contributed by atoms with Crippen LogP contribution in [0, 0.1) is 0 Å². The molecular weight excluding hydrogens is 304 g/mol. The third kappa shape index (κ3) is 3.95. The molecule has 0 fully saturated rings. The molecule has 0 bridgehead atoms. The monoisotopic (exact) mass is 318 g/mol. The molecule has 1 heterocycles. The van der Waals surface area contributed by atoms with Crippen LogP contribution < -0.4 is 5.32 Å². The Kier molecular flexibility index (Phi) is 5.31. The summed E-state index contributed by atoms with van der Waals surface area (Å²) in [5.74, 6) is -0.986. The molecule has 1 aromatic carbocycles. The fourth-order valence-corrected chi connectivity index (χ4v) is 2.33. The van der Waals surface area contributed by atoms with E-state index in [-0.39, 0.29) is 17.9 Å². The fraction of sp³-hybridized carbons (Fsp3) is 0.214. The van der Waals surface area contributed by atoms with Gasteiger partial charge in [-0.15, -0.1) is 10.2 Å². The third-order valence-corrected chi connectivity index (χ3v) is 3.78. The van der Waals surface area contributed by atoms with E-state index in [1.54, 1.807) is 30.3 Å². The Balaban J connectivity index is 2.02. The average Bonchev–Trinajstić information content (AvgIpc) is 3.00. The van der Waals surface area contributed by atoms with Crippen LogP contribution in [0.25, 0.3) is 0 Å². The van der Waals surface area contributed by atoms with E-state index in [1.807, 2.05) is 6.92 Å². The van der Waals surface area contributed by atoms with Crippen LogP contribution in [0.2, 0.25) is 0 Å². The fourth-order valence-electron chi connectivity index (χ4n) is 1.66. The molecule has 7 nitrogen and oxygen atoms in total. The lowest BCUT2D eigenvalue weighted by Crippen LogP contribution is -2.25. The molecule has 0 saturated carbocycles. The predicted molar refractivity (Wildman–Crippen MR) is 82.5 cm³/mol. The molecule has 2 aromatic rings. The Morgan fingerprint density at radius 1 is 1.27 bits per heavy atom. The number of benzene rings is 1. The van der Waals surface area contributed by atoms with Gasteiger partial charge in [-0.25, -0.2) is 0 Å². The molecule has 0 spiro atoms. The summed E-state index contributed by atoms with van der Waals surface area (Å²) in [6.07, 6.45) is 0.409. The summed E-state index contributed by atoms with van der Waals surface area (Å²) in [6.45, 7) is 1.92. The minimum Gasteiger partial charge on any atom is -0.410 e. The largest absolute Gasteiger partial charge is 0.410 e. The van der Waals surface area contributed by atoms with Crippen molar-refractivity contribution in [3.63, 3.8) is 0 Å². The molecule has 1 aromatic heterocycles. The number of nitrogens with one attached hydrogen (secondary N) is 1. The molecule has 0 unspecified atom stereocenters. The van der Waals surface area contributed by atoms with Gasteiger partial charge in [0, 0.05) is 5.56 Å². The summed E-state index contributed by atoms with van der Waals surface area (Å²) in [4.78, 5) is 24.0. The highest BCUT2D eigenvalue weighted by Gasteiger charge is 2.19. The van der Waals surface area contributed by atoms with Gasteiger partial charge < -0.3 is 5.21 Å². The number of Topliss-reactive ketones (excluding diaryl/α,β-unsaturated/α-hetero) is 1. The summed E-state index contributed by atoms with van der Waals surface area (Å²) >= 11 is 1.23. The van der Waals surface area contributed by atoms with Crippen LogP contribution in [-0.2, 0) is 11.2 Å². The zero-order valence-corrected chi connectivity index (χ0v) is 12.6. The second kappa shape index (κ2) is 7.41. The molecule has 22 heavy (non-hydrogen) atoms. The quantitative estimate of drug-likeness (QED) is 0.367. The number of oxime groups is 1. The number of rotatable bonds is 6. The first-order valence-corrected chi connectivity index (χ1v) is 7.38. The maximum absolute atomic E-state index is 12.0.